The van der Waals surface area contributed by atoms with Crippen molar-refractivity contribution >= 4 is 5.78 Å². The van der Waals surface area contributed by atoms with Gasteiger partial charge in [0.2, 0.25) is 0 Å². The van der Waals surface area contributed by atoms with Gasteiger partial charge in [-0.15, -0.1) is 0 Å². The minimum atomic E-state index is 0.265. The molecule has 2 rings (SSSR count). The van der Waals surface area contributed by atoms with Gasteiger partial charge in [-0.2, -0.15) is 0 Å². The predicted octanol–water partition coefficient (Wildman–Crippen LogP) is 2.87. The number of Topliss-reactive ketones (excluding diaryl/α,β-unsaturated/α-hetero) is 1. The van der Waals surface area contributed by atoms with E-state index in [0.29, 0.717) is 11.2 Å². The maximum absolute atomic E-state index is 11.9. The van der Waals surface area contributed by atoms with Gasteiger partial charge in [0.1, 0.15) is 5.78 Å². The van der Waals surface area contributed by atoms with Crippen molar-refractivity contribution in [3.63, 3.8) is 0 Å². The second-order valence-corrected chi connectivity index (χ2v) is 6.57. The van der Waals surface area contributed by atoms with E-state index >= 15 is 0 Å². The summed E-state index contributed by atoms with van der Waals surface area (Å²) in [5.74, 6) is 1.27. The van der Waals surface area contributed by atoms with Gasteiger partial charge < -0.3 is 0 Å². The molecule has 0 aromatic heterocycles. The number of rotatable bonds is 1. The summed E-state index contributed by atoms with van der Waals surface area (Å²) in [7, 11) is 0. The first-order valence-corrected chi connectivity index (χ1v) is 6.75. The molecule has 2 heteroatoms. The Morgan fingerprint density at radius 2 is 1.94 bits per heavy atom. The highest BCUT2D eigenvalue weighted by Gasteiger charge is 2.37. The van der Waals surface area contributed by atoms with Crippen LogP contribution in [0.5, 0.6) is 0 Å². The van der Waals surface area contributed by atoms with Crippen LogP contribution in [0.15, 0.2) is 0 Å². The monoisotopic (exact) mass is 223 g/mol. The summed E-state index contributed by atoms with van der Waals surface area (Å²) in [5, 5.41) is 0. The second kappa shape index (κ2) is 4.48. The molecule has 0 aromatic rings. The molecule has 0 bridgehead atoms. The molecule has 2 nitrogen and oxygen atoms in total. The molecule has 0 amide bonds. The van der Waals surface area contributed by atoms with Crippen LogP contribution in [0.4, 0.5) is 0 Å². The quantitative estimate of drug-likeness (QED) is 0.681. The first kappa shape index (κ1) is 12.1. The number of carbonyl (C=O) groups excluding carboxylic acids is 1. The molecule has 2 aliphatic rings. The van der Waals surface area contributed by atoms with E-state index < -0.39 is 0 Å². The minimum absolute atomic E-state index is 0.265. The van der Waals surface area contributed by atoms with Gasteiger partial charge in [0.05, 0.1) is 6.04 Å². The topological polar surface area (TPSA) is 20.3 Å². The normalized spacial score (nSPS) is 33.3. The third kappa shape index (κ3) is 2.48. The van der Waals surface area contributed by atoms with E-state index in [9.17, 15) is 4.79 Å². The predicted molar refractivity (Wildman–Crippen MR) is 66.4 cm³/mol. The largest absolute Gasteiger partial charge is 0.298 e. The maximum Gasteiger partial charge on any atom is 0.149 e. The molecule has 0 N–H and O–H groups in total. The van der Waals surface area contributed by atoms with Gasteiger partial charge in [-0.1, -0.05) is 27.2 Å². The lowest BCUT2D eigenvalue weighted by Crippen LogP contribution is -2.42. The third-order valence-corrected chi connectivity index (χ3v) is 4.41. The highest BCUT2D eigenvalue weighted by molar-refractivity contribution is 5.84. The van der Waals surface area contributed by atoms with Crippen molar-refractivity contribution in [1.82, 2.24) is 4.90 Å². The van der Waals surface area contributed by atoms with E-state index in [0.717, 1.165) is 38.3 Å². The average molecular weight is 223 g/mol. The van der Waals surface area contributed by atoms with Crippen molar-refractivity contribution in [3.05, 3.63) is 0 Å². The highest BCUT2D eigenvalue weighted by Crippen LogP contribution is 2.35. The van der Waals surface area contributed by atoms with Gasteiger partial charge in [0.25, 0.3) is 0 Å². The Morgan fingerprint density at radius 3 is 2.50 bits per heavy atom. The van der Waals surface area contributed by atoms with Crippen LogP contribution in [0, 0.1) is 11.3 Å². The van der Waals surface area contributed by atoms with Gasteiger partial charge in [-0.3, -0.25) is 9.69 Å². The highest BCUT2D eigenvalue weighted by atomic mass is 16.1. The van der Waals surface area contributed by atoms with Crippen molar-refractivity contribution in [2.75, 3.05) is 13.1 Å². The molecule has 2 unspecified atom stereocenters. The van der Waals surface area contributed by atoms with E-state index in [1.807, 2.05) is 0 Å². The van der Waals surface area contributed by atoms with Crippen molar-refractivity contribution < 1.29 is 4.79 Å². The van der Waals surface area contributed by atoms with Gasteiger partial charge in [-0.25, -0.2) is 0 Å². The number of carbonyl (C=O) groups is 1. The molecule has 1 heterocycles. The molecule has 1 aliphatic heterocycles. The van der Waals surface area contributed by atoms with Gasteiger partial charge in [-0.05, 0) is 37.1 Å². The number of nitrogens with zero attached hydrogens (tertiary/aromatic N) is 1. The van der Waals surface area contributed by atoms with E-state index in [-0.39, 0.29) is 6.04 Å². The molecule has 92 valence electrons. The summed E-state index contributed by atoms with van der Waals surface area (Å²) in [6.45, 7) is 9.25. The lowest BCUT2D eigenvalue weighted by Gasteiger charge is -2.32. The Kier molecular flexibility index (Phi) is 3.39. The molecule has 1 saturated heterocycles. The zero-order chi connectivity index (χ0) is 11.8. The SMILES string of the molecule is CC(C)(C)C1CCN(C2CCCCC2=O)C1. The molecular formula is C14H25NO. The minimum Gasteiger partial charge on any atom is -0.298 e. The number of ketones is 1. The fourth-order valence-electron chi connectivity index (χ4n) is 3.13. The molecule has 0 spiro atoms. The third-order valence-electron chi connectivity index (χ3n) is 4.41. The zero-order valence-electron chi connectivity index (χ0n) is 11.0. The number of likely N-dealkylation sites (tertiary alicyclic amines) is 1. The van der Waals surface area contributed by atoms with Crippen LogP contribution in [-0.4, -0.2) is 29.8 Å². The lowest BCUT2D eigenvalue weighted by atomic mass is 9.80. The smallest absolute Gasteiger partial charge is 0.149 e. The zero-order valence-corrected chi connectivity index (χ0v) is 11.0. The second-order valence-electron chi connectivity index (χ2n) is 6.57. The summed E-state index contributed by atoms with van der Waals surface area (Å²) >= 11 is 0. The number of hydrogen-bond donors (Lipinski definition) is 0. The molecular weight excluding hydrogens is 198 g/mol. The van der Waals surface area contributed by atoms with Crippen molar-refractivity contribution in [2.24, 2.45) is 11.3 Å². The Bertz CT molecular complexity index is 266. The van der Waals surface area contributed by atoms with E-state index in [1.165, 1.54) is 12.8 Å². The van der Waals surface area contributed by atoms with Crippen LogP contribution in [0.1, 0.15) is 52.9 Å². The fourth-order valence-corrected chi connectivity index (χ4v) is 3.13. The van der Waals surface area contributed by atoms with Gasteiger partial charge >= 0.3 is 0 Å². The maximum atomic E-state index is 11.9. The molecule has 0 radical (unpaired) electrons. The average Bonchev–Trinajstić information content (AvgIpc) is 2.66. The van der Waals surface area contributed by atoms with Gasteiger partial charge in [0.15, 0.2) is 0 Å². The first-order valence-electron chi connectivity index (χ1n) is 6.75. The summed E-state index contributed by atoms with van der Waals surface area (Å²) in [6.07, 6.45) is 5.56. The van der Waals surface area contributed by atoms with Gasteiger partial charge in [0, 0.05) is 13.0 Å². The van der Waals surface area contributed by atoms with Crippen molar-refractivity contribution in [2.45, 2.75) is 58.9 Å². The molecule has 2 fully saturated rings. The van der Waals surface area contributed by atoms with Crippen molar-refractivity contribution in [3.8, 4) is 0 Å². The molecule has 1 saturated carbocycles. The summed E-state index contributed by atoms with van der Waals surface area (Å²) in [6, 6.07) is 0.265. The number of hydrogen-bond acceptors (Lipinski definition) is 2. The molecule has 1 aliphatic carbocycles. The van der Waals surface area contributed by atoms with Crippen LogP contribution in [0.25, 0.3) is 0 Å². The lowest BCUT2D eigenvalue weighted by molar-refractivity contribution is -0.125. The Labute approximate surface area is 99.4 Å². The van der Waals surface area contributed by atoms with Crippen LogP contribution in [0.2, 0.25) is 0 Å². The van der Waals surface area contributed by atoms with Crippen molar-refractivity contribution in [1.29, 1.82) is 0 Å². The summed E-state index contributed by atoms with van der Waals surface area (Å²) < 4.78 is 0. The van der Waals surface area contributed by atoms with E-state index in [1.54, 1.807) is 0 Å². The van der Waals surface area contributed by atoms with Crippen LogP contribution < -0.4 is 0 Å². The van der Waals surface area contributed by atoms with Crippen LogP contribution in [-0.2, 0) is 4.79 Å². The Hall–Kier alpha value is -0.370. The summed E-state index contributed by atoms with van der Waals surface area (Å²) in [5.41, 5.74) is 0.395. The Balaban J connectivity index is 1.95. The summed E-state index contributed by atoms with van der Waals surface area (Å²) in [4.78, 5) is 14.4. The van der Waals surface area contributed by atoms with Crippen LogP contribution >= 0.6 is 0 Å². The standard InChI is InChI=1S/C14H25NO/c1-14(2,3)11-8-9-15(10-11)12-6-4-5-7-13(12)16/h11-12H,4-10H2,1-3H3. The fraction of sp³-hybridized carbons (Fsp3) is 0.929. The molecule has 2 atom stereocenters. The Morgan fingerprint density at radius 1 is 1.19 bits per heavy atom. The molecule has 16 heavy (non-hydrogen) atoms. The first-order chi connectivity index (χ1) is 7.48. The van der Waals surface area contributed by atoms with E-state index in [4.69, 9.17) is 0 Å². The van der Waals surface area contributed by atoms with Crippen LogP contribution in [0.3, 0.4) is 0 Å². The molecule has 0 aromatic carbocycles. The van der Waals surface area contributed by atoms with E-state index in [2.05, 4.69) is 25.7 Å².